The molecule has 30 heavy (non-hydrogen) atoms. The van der Waals surface area contributed by atoms with Crippen molar-refractivity contribution in [3.63, 3.8) is 0 Å². The predicted molar refractivity (Wildman–Crippen MR) is 120 cm³/mol. The number of unbranched alkanes of at least 4 members (excludes halogenated alkanes) is 1. The van der Waals surface area contributed by atoms with Gasteiger partial charge in [-0.3, -0.25) is 4.79 Å². The fourth-order valence-electron chi connectivity index (χ4n) is 5.43. The number of nitrogens with zero attached hydrogens (tertiary/aromatic N) is 3. The Kier molecular flexibility index (Phi) is 7.15. The van der Waals surface area contributed by atoms with Crippen LogP contribution in [-0.2, 0) is 10.0 Å². The fraction of sp³-hybridized carbons (Fsp3) is 0.818. The molecule has 0 radical (unpaired) electrons. The van der Waals surface area contributed by atoms with Gasteiger partial charge in [0.25, 0.3) is 5.91 Å². The van der Waals surface area contributed by atoms with Crippen LogP contribution in [-0.4, -0.2) is 59.9 Å². The van der Waals surface area contributed by atoms with E-state index in [4.69, 9.17) is 4.98 Å². The summed E-state index contributed by atoms with van der Waals surface area (Å²) >= 11 is 1.57. The average Bonchev–Trinajstić information content (AvgIpc) is 3.27. The second kappa shape index (κ2) is 9.65. The number of piperidine rings is 2. The third-order valence-corrected chi connectivity index (χ3v) is 10.2. The summed E-state index contributed by atoms with van der Waals surface area (Å²) in [5, 5.41) is 2.93. The molecule has 8 heteroatoms. The molecular formula is C22H35N3O3S2. The summed E-state index contributed by atoms with van der Waals surface area (Å²) in [5.74, 6) is 1.29. The van der Waals surface area contributed by atoms with Gasteiger partial charge in [0.15, 0.2) is 0 Å². The van der Waals surface area contributed by atoms with E-state index in [1.807, 2.05) is 12.3 Å². The molecule has 0 bridgehead atoms. The maximum Gasteiger partial charge on any atom is 0.273 e. The Morgan fingerprint density at radius 1 is 1.10 bits per heavy atom. The van der Waals surface area contributed by atoms with Crippen molar-refractivity contribution in [2.24, 2.45) is 5.92 Å². The SMILES string of the molecule is CCCCS(=O)(=O)N1CCC(c2nc(C(=O)N3CCCC4CCCCC43)cs2)CC1. The first-order valence-corrected chi connectivity index (χ1v) is 14.2. The molecule has 1 amide bonds. The molecule has 1 aromatic rings. The molecular weight excluding hydrogens is 418 g/mol. The molecule has 2 unspecified atom stereocenters. The third-order valence-electron chi connectivity index (χ3n) is 7.20. The van der Waals surface area contributed by atoms with Crippen LogP contribution < -0.4 is 0 Å². The number of amides is 1. The number of likely N-dealkylation sites (tertiary alicyclic amines) is 1. The van der Waals surface area contributed by atoms with E-state index < -0.39 is 10.0 Å². The van der Waals surface area contributed by atoms with Gasteiger partial charge < -0.3 is 4.90 Å². The normalized spacial score (nSPS) is 26.5. The van der Waals surface area contributed by atoms with Gasteiger partial charge in [-0.2, -0.15) is 0 Å². The zero-order valence-corrected chi connectivity index (χ0v) is 19.7. The van der Waals surface area contributed by atoms with E-state index in [-0.39, 0.29) is 17.6 Å². The number of rotatable bonds is 6. The van der Waals surface area contributed by atoms with Crippen molar-refractivity contribution >= 4 is 27.3 Å². The number of aromatic nitrogens is 1. The van der Waals surface area contributed by atoms with Crippen LogP contribution in [0.4, 0.5) is 0 Å². The number of sulfonamides is 1. The van der Waals surface area contributed by atoms with E-state index in [1.54, 1.807) is 15.6 Å². The Hall–Kier alpha value is -0.990. The molecule has 3 heterocycles. The molecule has 0 aromatic carbocycles. The van der Waals surface area contributed by atoms with Crippen LogP contribution in [0.25, 0.3) is 0 Å². The first-order chi connectivity index (χ1) is 14.5. The molecule has 3 fully saturated rings. The Balaban J connectivity index is 1.37. The minimum absolute atomic E-state index is 0.105. The fourth-order valence-corrected chi connectivity index (χ4v) is 8.08. The first-order valence-electron chi connectivity index (χ1n) is 11.7. The van der Waals surface area contributed by atoms with Crippen LogP contribution >= 0.6 is 11.3 Å². The Morgan fingerprint density at radius 2 is 1.83 bits per heavy atom. The number of thiazole rings is 1. The Labute approximate surface area is 185 Å². The summed E-state index contributed by atoms with van der Waals surface area (Å²) in [6, 6.07) is 0.404. The summed E-state index contributed by atoms with van der Waals surface area (Å²) in [5.41, 5.74) is 0.597. The maximum atomic E-state index is 13.2. The Morgan fingerprint density at radius 3 is 2.60 bits per heavy atom. The van der Waals surface area contributed by atoms with Crippen molar-refractivity contribution < 1.29 is 13.2 Å². The molecule has 2 atom stereocenters. The van der Waals surface area contributed by atoms with E-state index in [0.29, 0.717) is 30.7 Å². The molecule has 0 N–H and O–H groups in total. The topological polar surface area (TPSA) is 70.6 Å². The zero-order chi connectivity index (χ0) is 21.1. The third kappa shape index (κ3) is 4.75. The molecule has 0 spiro atoms. The average molecular weight is 454 g/mol. The predicted octanol–water partition coefficient (Wildman–Crippen LogP) is 4.25. The second-order valence-electron chi connectivity index (χ2n) is 9.17. The maximum absolute atomic E-state index is 13.2. The molecule has 1 aromatic heterocycles. The smallest absolute Gasteiger partial charge is 0.273 e. The van der Waals surface area contributed by atoms with Gasteiger partial charge in [-0.05, 0) is 50.9 Å². The van der Waals surface area contributed by atoms with Gasteiger partial charge >= 0.3 is 0 Å². The van der Waals surface area contributed by atoms with Gasteiger partial charge in [-0.1, -0.05) is 26.2 Å². The summed E-state index contributed by atoms with van der Waals surface area (Å²) in [6.07, 6.45) is 10.5. The quantitative estimate of drug-likeness (QED) is 0.646. The van der Waals surface area contributed by atoms with Crippen LogP contribution in [0.15, 0.2) is 5.38 Å². The van der Waals surface area contributed by atoms with E-state index in [1.165, 1.54) is 25.7 Å². The van der Waals surface area contributed by atoms with Gasteiger partial charge in [0, 0.05) is 37.0 Å². The lowest BCUT2D eigenvalue weighted by Crippen LogP contribution is -2.49. The van der Waals surface area contributed by atoms with Gasteiger partial charge in [0.1, 0.15) is 5.69 Å². The van der Waals surface area contributed by atoms with Crippen molar-refractivity contribution in [2.45, 2.75) is 83.1 Å². The monoisotopic (exact) mass is 453 g/mol. The highest BCUT2D eigenvalue weighted by Crippen LogP contribution is 2.37. The van der Waals surface area contributed by atoms with E-state index in [0.717, 1.165) is 50.1 Å². The molecule has 1 aliphatic carbocycles. The lowest BCUT2D eigenvalue weighted by molar-refractivity contribution is 0.0386. The first kappa shape index (κ1) is 22.2. The highest BCUT2D eigenvalue weighted by atomic mass is 32.2. The number of hydrogen-bond donors (Lipinski definition) is 0. The molecule has 168 valence electrons. The van der Waals surface area contributed by atoms with Gasteiger partial charge in [0.05, 0.1) is 10.8 Å². The number of carbonyl (C=O) groups excluding carboxylic acids is 1. The van der Waals surface area contributed by atoms with Crippen LogP contribution in [0, 0.1) is 5.92 Å². The van der Waals surface area contributed by atoms with E-state index in [2.05, 4.69) is 4.90 Å². The molecule has 2 aliphatic heterocycles. The minimum atomic E-state index is -3.13. The summed E-state index contributed by atoms with van der Waals surface area (Å²) in [7, 11) is -3.13. The summed E-state index contributed by atoms with van der Waals surface area (Å²) in [4.78, 5) is 20.1. The standard InChI is InChI=1S/C22H35N3O3S2/c1-2-3-15-30(27,28)24-13-10-18(11-14-24)21-23-19(16-29-21)22(26)25-12-6-8-17-7-4-5-9-20(17)25/h16-18,20H,2-15H2,1H3. The molecule has 2 saturated heterocycles. The zero-order valence-electron chi connectivity index (χ0n) is 18.1. The van der Waals surface area contributed by atoms with Gasteiger partial charge in [0.2, 0.25) is 10.0 Å². The number of fused-ring (bicyclic) bond motifs is 1. The molecule has 3 aliphatic rings. The van der Waals surface area contributed by atoms with E-state index >= 15 is 0 Å². The van der Waals surface area contributed by atoms with Crippen molar-refractivity contribution in [3.05, 3.63) is 16.1 Å². The lowest BCUT2D eigenvalue weighted by Gasteiger charge is -2.43. The molecule has 1 saturated carbocycles. The molecule has 4 rings (SSSR count). The van der Waals surface area contributed by atoms with Gasteiger partial charge in [-0.15, -0.1) is 11.3 Å². The van der Waals surface area contributed by atoms with Crippen LogP contribution in [0.1, 0.15) is 92.5 Å². The van der Waals surface area contributed by atoms with Crippen molar-refractivity contribution in [1.29, 1.82) is 0 Å². The van der Waals surface area contributed by atoms with E-state index in [9.17, 15) is 13.2 Å². The number of carbonyl (C=O) groups is 1. The van der Waals surface area contributed by atoms with Gasteiger partial charge in [-0.25, -0.2) is 17.7 Å². The largest absolute Gasteiger partial charge is 0.334 e. The minimum Gasteiger partial charge on any atom is -0.334 e. The summed E-state index contributed by atoms with van der Waals surface area (Å²) in [6.45, 7) is 4.01. The Bertz CT molecular complexity index is 828. The van der Waals surface area contributed by atoms with Crippen LogP contribution in [0.2, 0.25) is 0 Å². The number of hydrogen-bond acceptors (Lipinski definition) is 5. The van der Waals surface area contributed by atoms with Crippen molar-refractivity contribution in [3.8, 4) is 0 Å². The van der Waals surface area contributed by atoms with Crippen LogP contribution in [0.5, 0.6) is 0 Å². The second-order valence-corrected chi connectivity index (χ2v) is 12.1. The summed E-state index contributed by atoms with van der Waals surface area (Å²) < 4.78 is 26.5. The highest BCUT2D eigenvalue weighted by molar-refractivity contribution is 7.89. The molecule has 6 nitrogen and oxygen atoms in total. The van der Waals surface area contributed by atoms with Crippen LogP contribution in [0.3, 0.4) is 0 Å². The highest BCUT2D eigenvalue weighted by Gasteiger charge is 2.37. The van der Waals surface area contributed by atoms with Crippen molar-refractivity contribution in [2.75, 3.05) is 25.4 Å². The lowest BCUT2D eigenvalue weighted by atomic mass is 9.78. The van der Waals surface area contributed by atoms with Crippen molar-refractivity contribution in [1.82, 2.24) is 14.2 Å².